The summed E-state index contributed by atoms with van der Waals surface area (Å²) < 4.78 is 1.87. The van der Waals surface area contributed by atoms with Gasteiger partial charge in [0.05, 0.1) is 5.41 Å². The third-order valence-electron chi connectivity index (χ3n) is 5.71. The second-order valence-corrected chi connectivity index (χ2v) is 7.85. The van der Waals surface area contributed by atoms with E-state index in [1.54, 1.807) is 11.1 Å². The zero-order valence-corrected chi connectivity index (χ0v) is 15.2. The Balaban J connectivity index is 1.40. The van der Waals surface area contributed by atoms with Gasteiger partial charge in [-0.1, -0.05) is 18.2 Å². The van der Waals surface area contributed by atoms with E-state index in [-0.39, 0.29) is 11.8 Å². The van der Waals surface area contributed by atoms with E-state index in [0.29, 0.717) is 31.6 Å². The average Bonchev–Trinajstić information content (AvgIpc) is 3.32. The lowest BCUT2D eigenvalue weighted by Gasteiger charge is -2.38. The van der Waals surface area contributed by atoms with Crippen LogP contribution < -0.4 is 4.90 Å². The van der Waals surface area contributed by atoms with Gasteiger partial charge < -0.3 is 9.80 Å². The minimum Gasteiger partial charge on any atom is -0.337 e. The molecule has 1 fully saturated rings. The maximum atomic E-state index is 13.0. The number of carbonyl (C=O) groups is 2. The van der Waals surface area contributed by atoms with E-state index in [2.05, 4.69) is 11.1 Å². The fourth-order valence-electron chi connectivity index (χ4n) is 4.28. The van der Waals surface area contributed by atoms with E-state index in [4.69, 9.17) is 0 Å². The first-order valence-corrected chi connectivity index (χ1v) is 9.57. The molecule has 2 amide bonds. The Morgan fingerprint density at radius 1 is 1.23 bits per heavy atom. The molecule has 1 saturated heterocycles. The molecule has 1 aromatic carbocycles. The molecule has 5 rings (SSSR count). The lowest BCUT2D eigenvalue weighted by Crippen LogP contribution is -2.49. The Morgan fingerprint density at radius 3 is 2.77 bits per heavy atom. The highest BCUT2D eigenvalue weighted by Crippen LogP contribution is 2.47. The number of likely N-dealkylation sites (tertiary alicyclic amines) is 1. The van der Waals surface area contributed by atoms with Crippen LogP contribution >= 0.6 is 11.3 Å². The Bertz CT molecular complexity index is 1000. The van der Waals surface area contributed by atoms with Crippen molar-refractivity contribution in [2.75, 3.05) is 25.0 Å². The normalized spacial score (nSPS) is 18.7. The molecule has 1 spiro atoms. The van der Waals surface area contributed by atoms with E-state index in [1.807, 2.05) is 46.1 Å². The van der Waals surface area contributed by atoms with Crippen molar-refractivity contribution in [3.05, 3.63) is 53.3 Å². The standard InChI is InChI=1S/C19H18N4O2S/c1-21-15-5-3-2-4-13(15)19(17(21)25)6-8-22(9-7-19)16(24)14-12-23-10-11-26-18(23)20-14/h2-5,10-12H,6-9H2,1H3. The molecule has 26 heavy (non-hydrogen) atoms. The summed E-state index contributed by atoms with van der Waals surface area (Å²) in [6.45, 7) is 1.13. The number of amides is 2. The molecule has 6 nitrogen and oxygen atoms in total. The van der Waals surface area contributed by atoms with Crippen molar-refractivity contribution in [3.63, 3.8) is 0 Å². The average molecular weight is 366 g/mol. The van der Waals surface area contributed by atoms with E-state index in [1.165, 1.54) is 11.3 Å². The maximum absolute atomic E-state index is 13.0. The minimum absolute atomic E-state index is 0.0529. The molecule has 2 aliphatic heterocycles. The van der Waals surface area contributed by atoms with Gasteiger partial charge in [-0.05, 0) is 24.5 Å². The SMILES string of the molecule is CN1C(=O)C2(CCN(C(=O)c3cn4ccsc4n3)CC2)c2ccccc21. The second kappa shape index (κ2) is 5.41. The van der Waals surface area contributed by atoms with Crippen molar-refractivity contribution in [3.8, 4) is 0 Å². The summed E-state index contributed by atoms with van der Waals surface area (Å²) in [4.78, 5) is 34.6. The number of para-hydroxylation sites is 1. The molecule has 0 atom stereocenters. The van der Waals surface area contributed by atoms with E-state index in [9.17, 15) is 9.59 Å². The molecule has 0 N–H and O–H groups in total. The minimum atomic E-state index is -0.489. The third kappa shape index (κ3) is 2.00. The first kappa shape index (κ1) is 15.6. The van der Waals surface area contributed by atoms with Crippen molar-refractivity contribution >= 4 is 33.8 Å². The van der Waals surface area contributed by atoms with Gasteiger partial charge in [-0.3, -0.25) is 14.0 Å². The number of aromatic nitrogens is 2. The van der Waals surface area contributed by atoms with Crippen LogP contribution in [0.4, 0.5) is 5.69 Å². The van der Waals surface area contributed by atoms with Gasteiger partial charge in [0.1, 0.15) is 5.69 Å². The number of thiazole rings is 1. The summed E-state index contributed by atoms with van der Waals surface area (Å²) in [7, 11) is 1.84. The molecule has 132 valence electrons. The lowest BCUT2D eigenvalue weighted by molar-refractivity contribution is -0.124. The van der Waals surface area contributed by atoms with Crippen LogP contribution in [0.1, 0.15) is 28.9 Å². The second-order valence-electron chi connectivity index (χ2n) is 6.97. The zero-order chi connectivity index (χ0) is 17.9. The van der Waals surface area contributed by atoms with Gasteiger partial charge in [-0.15, -0.1) is 11.3 Å². The number of carbonyl (C=O) groups excluding carboxylic acids is 2. The number of rotatable bonds is 1. The predicted octanol–water partition coefficient (Wildman–Crippen LogP) is 2.55. The van der Waals surface area contributed by atoms with Crippen LogP contribution in [0, 0.1) is 0 Å². The summed E-state index contributed by atoms with van der Waals surface area (Å²) >= 11 is 1.51. The maximum Gasteiger partial charge on any atom is 0.274 e. The number of imidazole rings is 1. The van der Waals surface area contributed by atoms with Crippen LogP contribution in [0.2, 0.25) is 0 Å². The first-order chi connectivity index (χ1) is 12.6. The number of nitrogens with zero attached hydrogens (tertiary/aromatic N) is 4. The van der Waals surface area contributed by atoms with Crippen molar-refractivity contribution in [2.24, 2.45) is 0 Å². The molecule has 3 aromatic rings. The fraction of sp³-hybridized carbons (Fsp3) is 0.316. The highest BCUT2D eigenvalue weighted by Gasteiger charge is 2.51. The zero-order valence-electron chi connectivity index (χ0n) is 14.4. The molecule has 0 saturated carbocycles. The van der Waals surface area contributed by atoms with Crippen LogP contribution in [0.15, 0.2) is 42.0 Å². The van der Waals surface area contributed by atoms with Gasteiger partial charge in [0, 0.05) is 43.6 Å². The fourth-order valence-corrected chi connectivity index (χ4v) is 4.98. The van der Waals surface area contributed by atoms with Gasteiger partial charge in [0.2, 0.25) is 5.91 Å². The third-order valence-corrected chi connectivity index (χ3v) is 6.48. The van der Waals surface area contributed by atoms with Gasteiger partial charge in [-0.2, -0.15) is 0 Å². The van der Waals surface area contributed by atoms with E-state index < -0.39 is 5.41 Å². The van der Waals surface area contributed by atoms with Gasteiger partial charge in [0.15, 0.2) is 4.96 Å². The molecule has 0 unspecified atom stereocenters. The summed E-state index contributed by atoms with van der Waals surface area (Å²) in [6, 6.07) is 8.00. The molecule has 0 radical (unpaired) electrons. The van der Waals surface area contributed by atoms with Gasteiger partial charge in [0.25, 0.3) is 5.91 Å². The smallest absolute Gasteiger partial charge is 0.274 e. The molecule has 0 aliphatic carbocycles. The number of anilines is 1. The van der Waals surface area contributed by atoms with Crippen molar-refractivity contribution in [2.45, 2.75) is 18.3 Å². The van der Waals surface area contributed by atoms with Gasteiger partial charge >= 0.3 is 0 Å². The number of likely N-dealkylation sites (N-methyl/N-ethyl adjacent to an activating group) is 1. The van der Waals surface area contributed by atoms with Crippen molar-refractivity contribution in [1.82, 2.24) is 14.3 Å². The number of fused-ring (bicyclic) bond motifs is 3. The predicted molar refractivity (Wildman–Crippen MR) is 99.7 cm³/mol. The topological polar surface area (TPSA) is 57.9 Å². The number of benzene rings is 1. The van der Waals surface area contributed by atoms with E-state index >= 15 is 0 Å². The summed E-state index contributed by atoms with van der Waals surface area (Å²) in [5.41, 5.74) is 2.08. The Hall–Kier alpha value is -2.67. The molecule has 0 bridgehead atoms. The van der Waals surface area contributed by atoms with E-state index in [0.717, 1.165) is 16.2 Å². The highest BCUT2D eigenvalue weighted by molar-refractivity contribution is 7.15. The number of hydrogen-bond donors (Lipinski definition) is 0. The lowest BCUT2D eigenvalue weighted by atomic mass is 9.73. The van der Waals surface area contributed by atoms with Crippen LogP contribution in [-0.4, -0.2) is 46.2 Å². The monoisotopic (exact) mass is 366 g/mol. The summed E-state index contributed by atoms with van der Waals surface area (Å²) in [5, 5.41) is 1.95. The molecule has 7 heteroatoms. The molecule has 2 aromatic heterocycles. The summed E-state index contributed by atoms with van der Waals surface area (Å²) in [5.74, 6) is 0.0936. The van der Waals surface area contributed by atoms with Crippen LogP contribution in [0.25, 0.3) is 4.96 Å². The molecule has 4 heterocycles. The molecular formula is C19H18N4O2S. The van der Waals surface area contributed by atoms with Gasteiger partial charge in [-0.25, -0.2) is 4.98 Å². The van der Waals surface area contributed by atoms with Crippen molar-refractivity contribution in [1.29, 1.82) is 0 Å². The molecule has 2 aliphatic rings. The van der Waals surface area contributed by atoms with Crippen LogP contribution in [0.5, 0.6) is 0 Å². The van der Waals surface area contributed by atoms with Crippen LogP contribution in [-0.2, 0) is 10.2 Å². The van der Waals surface area contributed by atoms with Crippen molar-refractivity contribution < 1.29 is 9.59 Å². The Labute approximate surface area is 154 Å². The number of hydrogen-bond acceptors (Lipinski definition) is 4. The first-order valence-electron chi connectivity index (χ1n) is 8.69. The largest absolute Gasteiger partial charge is 0.337 e. The number of piperidine rings is 1. The summed E-state index contributed by atoms with van der Waals surface area (Å²) in [6.07, 6.45) is 4.99. The quantitative estimate of drug-likeness (QED) is 0.665. The Kier molecular flexibility index (Phi) is 3.24. The molecular weight excluding hydrogens is 348 g/mol. The highest BCUT2D eigenvalue weighted by atomic mass is 32.1. The Morgan fingerprint density at radius 2 is 2.00 bits per heavy atom. The van der Waals surface area contributed by atoms with Crippen LogP contribution in [0.3, 0.4) is 0 Å².